The molecule has 1 atom stereocenters. The molecule has 2 aliphatic rings. The highest BCUT2D eigenvalue weighted by atomic mass is 19.4. The van der Waals surface area contributed by atoms with Crippen LogP contribution in [0.15, 0.2) is 4.99 Å². The molecule has 2 rings (SSSR count). The smallest absolute Gasteiger partial charge is 0.381 e. The van der Waals surface area contributed by atoms with Crippen LogP contribution >= 0.6 is 0 Å². The molecule has 6 nitrogen and oxygen atoms in total. The Morgan fingerprint density at radius 1 is 1.24 bits per heavy atom. The van der Waals surface area contributed by atoms with Crippen LogP contribution in [-0.2, 0) is 9.47 Å². The number of guanidine groups is 1. The van der Waals surface area contributed by atoms with Gasteiger partial charge in [0.2, 0.25) is 0 Å². The van der Waals surface area contributed by atoms with E-state index in [0.29, 0.717) is 32.3 Å². The Bertz CT molecular complexity index is 485. The van der Waals surface area contributed by atoms with Crippen molar-refractivity contribution in [2.45, 2.75) is 51.8 Å². The van der Waals surface area contributed by atoms with E-state index in [1.54, 1.807) is 6.92 Å². The van der Waals surface area contributed by atoms with Crippen molar-refractivity contribution in [2.24, 2.45) is 10.9 Å². The van der Waals surface area contributed by atoms with E-state index in [-0.39, 0.29) is 5.92 Å². The van der Waals surface area contributed by atoms with Gasteiger partial charge in [-0.05, 0) is 45.1 Å². The van der Waals surface area contributed by atoms with Crippen molar-refractivity contribution in [2.75, 3.05) is 65.6 Å². The number of nitrogens with one attached hydrogen (secondary N) is 1. The molecule has 0 aromatic carbocycles. The van der Waals surface area contributed by atoms with Crippen molar-refractivity contribution in [3.05, 3.63) is 0 Å². The third-order valence-electron chi connectivity index (χ3n) is 5.37. The van der Waals surface area contributed by atoms with E-state index in [1.165, 1.54) is 4.90 Å². The minimum Gasteiger partial charge on any atom is -0.381 e. The summed E-state index contributed by atoms with van der Waals surface area (Å²) < 4.78 is 49.3. The molecule has 2 aliphatic heterocycles. The van der Waals surface area contributed by atoms with E-state index in [0.717, 1.165) is 64.5 Å². The van der Waals surface area contributed by atoms with Crippen molar-refractivity contribution in [1.29, 1.82) is 0 Å². The highest BCUT2D eigenvalue weighted by Crippen LogP contribution is 2.21. The maximum Gasteiger partial charge on any atom is 0.401 e. The lowest BCUT2D eigenvalue weighted by Crippen LogP contribution is -2.42. The van der Waals surface area contributed by atoms with Crippen LogP contribution in [0.1, 0.15) is 39.5 Å². The average molecular weight is 423 g/mol. The standard InChI is InChI=1S/C20H37F3N4O2/c1-3-24-19(25-9-5-11-29-18-7-12-28-13-8-18)27-10-6-17(15-27)14-26(4-2)16-20(21,22)23/h17-18H,3-16H2,1-2H3,(H,24,25). The zero-order valence-corrected chi connectivity index (χ0v) is 17.8. The lowest BCUT2D eigenvalue weighted by molar-refractivity contribution is -0.146. The summed E-state index contributed by atoms with van der Waals surface area (Å²) in [6, 6.07) is 0. The van der Waals surface area contributed by atoms with Gasteiger partial charge in [0.25, 0.3) is 0 Å². The highest BCUT2D eigenvalue weighted by molar-refractivity contribution is 5.80. The minimum absolute atomic E-state index is 0.234. The number of ether oxygens (including phenoxy) is 2. The van der Waals surface area contributed by atoms with Gasteiger partial charge in [-0.25, -0.2) is 0 Å². The van der Waals surface area contributed by atoms with Crippen molar-refractivity contribution in [3.63, 3.8) is 0 Å². The largest absolute Gasteiger partial charge is 0.401 e. The van der Waals surface area contributed by atoms with Crippen LogP contribution in [0.3, 0.4) is 0 Å². The molecule has 0 aromatic heterocycles. The summed E-state index contributed by atoms with van der Waals surface area (Å²) >= 11 is 0. The average Bonchev–Trinajstić information content (AvgIpc) is 3.14. The van der Waals surface area contributed by atoms with Gasteiger partial charge in [-0.15, -0.1) is 0 Å². The SMILES string of the molecule is CCNC(=NCCCOC1CCOCC1)N1CCC(CN(CC)CC(F)(F)F)C1. The number of aliphatic imine (C=N–C) groups is 1. The molecule has 1 N–H and O–H groups in total. The first kappa shape index (κ1) is 24.2. The summed E-state index contributed by atoms with van der Waals surface area (Å²) in [5.74, 6) is 1.10. The Labute approximate surface area is 172 Å². The van der Waals surface area contributed by atoms with E-state index in [9.17, 15) is 13.2 Å². The first-order valence-electron chi connectivity index (χ1n) is 10.9. The predicted octanol–water partition coefficient (Wildman–Crippen LogP) is 2.74. The van der Waals surface area contributed by atoms with Crippen molar-refractivity contribution >= 4 is 5.96 Å². The van der Waals surface area contributed by atoms with E-state index in [2.05, 4.69) is 10.2 Å². The number of likely N-dealkylation sites (tertiary alicyclic amines) is 1. The molecule has 0 saturated carbocycles. The molecule has 0 aromatic rings. The summed E-state index contributed by atoms with van der Waals surface area (Å²) in [6.45, 7) is 9.16. The van der Waals surface area contributed by atoms with E-state index in [1.807, 2.05) is 6.92 Å². The molecule has 29 heavy (non-hydrogen) atoms. The fourth-order valence-corrected chi connectivity index (χ4v) is 3.87. The van der Waals surface area contributed by atoms with Crippen LogP contribution in [-0.4, -0.2) is 93.7 Å². The summed E-state index contributed by atoms with van der Waals surface area (Å²) in [5.41, 5.74) is 0. The van der Waals surface area contributed by atoms with Gasteiger partial charge in [0.15, 0.2) is 5.96 Å². The van der Waals surface area contributed by atoms with Crippen molar-refractivity contribution in [1.82, 2.24) is 15.1 Å². The number of halogens is 3. The van der Waals surface area contributed by atoms with Crippen molar-refractivity contribution < 1.29 is 22.6 Å². The molecule has 2 saturated heterocycles. The topological polar surface area (TPSA) is 49.3 Å². The third-order valence-corrected chi connectivity index (χ3v) is 5.37. The van der Waals surface area contributed by atoms with Gasteiger partial charge in [0.1, 0.15) is 0 Å². The van der Waals surface area contributed by atoms with Gasteiger partial charge in [0.05, 0.1) is 12.6 Å². The van der Waals surface area contributed by atoms with Crippen molar-refractivity contribution in [3.8, 4) is 0 Å². The lowest BCUT2D eigenvalue weighted by Gasteiger charge is -2.26. The second-order valence-electron chi connectivity index (χ2n) is 7.82. The van der Waals surface area contributed by atoms with Gasteiger partial charge in [0, 0.05) is 52.5 Å². The lowest BCUT2D eigenvalue weighted by atomic mass is 10.1. The number of hydrogen-bond donors (Lipinski definition) is 1. The second kappa shape index (κ2) is 12.6. The number of alkyl halides is 3. The number of rotatable bonds is 10. The second-order valence-corrected chi connectivity index (χ2v) is 7.82. The minimum atomic E-state index is -4.14. The van der Waals surface area contributed by atoms with Crippen LogP contribution < -0.4 is 5.32 Å². The quantitative estimate of drug-likeness (QED) is 0.333. The molecule has 1 unspecified atom stereocenters. The van der Waals surface area contributed by atoms with Gasteiger partial charge in [-0.1, -0.05) is 6.92 Å². The molecule has 0 radical (unpaired) electrons. The molecular formula is C20H37F3N4O2. The van der Waals surface area contributed by atoms with Crippen LogP contribution in [0.4, 0.5) is 13.2 Å². The van der Waals surface area contributed by atoms with E-state index < -0.39 is 12.7 Å². The Kier molecular flexibility index (Phi) is 10.5. The van der Waals surface area contributed by atoms with E-state index in [4.69, 9.17) is 14.5 Å². The monoisotopic (exact) mass is 422 g/mol. The summed E-state index contributed by atoms with van der Waals surface area (Å²) in [4.78, 5) is 8.37. The Morgan fingerprint density at radius 3 is 2.66 bits per heavy atom. The fourth-order valence-electron chi connectivity index (χ4n) is 3.87. The van der Waals surface area contributed by atoms with Crippen LogP contribution in [0.25, 0.3) is 0 Å². The van der Waals surface area contributed by atoms with Gasteiger partial charge < -0.3 is 19.7 Å². The van der Waals surface area contributed by atoms with Gasteiger partial charge >= 0.3 is 6.18 Å². The molecule has 0 bridgehead atoms. The number of nitrogens with zero attached hydrogens (tertiary/aromatic N) is 3. The molecule has 0 amide bonds. The zero-order chi connectivity index (χ0) is 21.1. The molecular weight excluding hydrogens is 385 g/mol. The van der Waals surface area contributed by atoms with Crippen LogP contribution in [0, 0.1) is 5.92 Å². The highest BCUT2D eigenvalue weighted by Gasteiger charge is 2.33. The Hall–Kier alpha value is -1.06. The molecule has 0 aliphatic carbocycles. The van der Waals surface area contributed by atoms with Gasteiger partial charge in [-0.3, -0.25) is 9.89 Å². The maximum atomic E-state index is 12.7. The maximum absolute atomic E-state index is 12.7. The summed E-state index contributed by atoms with van der Waals surface area (Å²) in [7, 11) is 0. The first-order valence-corrected chi connectivity index (χ1v) is 10.9. The molecule has 9 heteroatoms. The Balaban J connectivity index is 1.74. The fraction of sp³-hybridized carbons (Fsp3) is 0.950. The van der Waals surface area contributed by atoms with E-state index >= 15 is 0 Å². The number of hydrogen-bond acceptors (Lipinski definition) is 4. The normalized spacial score (nSPS) is 21.9. The molecule has 170 valence electrons. The summed E-state index contributed by atoms with van der Waals surface area (Å²) in [6.07, 6.45) is -0.158. The summed E-state index contributed by atoms with van der Waals surface area (Å²) in [5, 5.41) is 3.32. The zero-order valence-electron chi connectivity index (χ0n) is 17.8. The molecule has 0 spiro atoms. The predicted molar refractivity (Wildman–Crippen MR) is 108 cm³/mol. The Morgan fingerprint density at radius 2 is 2.00 bits per heavy atom. The molecule has 2 fully saturated rings. The molecule has 2 heterocycles. The van der Waals surface area contributed by atoms with Crippen LogP contribution in [0.2, 0.25) is 0 Å². The first-order chi connectivity index (χ1) is 13.9. The van der Waals surface area contributed by atoms with Crippen LogP contribution in [0.5, 0.6) is 0 Å². The third kappa shape index (κ3) is 9.53. The van der Waals surface area contributed by atoms with Gasteiger partial charge in [-0.2, -0.15) is 13.2 Å².